The lowest BCUT2D eigenvalue weighted by molar-refractivity contribution is -0.141. The van der Waals surface area contributed by atoms with Gasteiger partial charge in [-0.05, 0) is 24.1 Å². The SMILES string of the molecule is COC(=O)C1=C(CN2CC(F)(F)CC2CC(C)C(=O)O)NC(c2nccs2)=NC1c1ccc(F)cc1Br. The van der Waals surface area contributed by atoms with Gasteiger partial charge in [-0.2, -0.15) is 0 Å². The lowest BCUT2D eigenvalue weighted by Crippen LogP contribution is -2.42. The number of alkyl halides is 2. The van der Waals surface area contributed by atoms with Gasteiger partial charge < -0.3 is 15.2 Å². The molecule has 0 saturated carbocycles. The van der Waals surface area contributed by atoms with Crippen molar-refractivity contribution in [1.82, 2.24) is 15.2 Å². The maximum absolute atomic E-state index is 14.5. The van der Waals surface area contributed by atoms with Crippen LogP contribution in [0.2, 0.25) is 0 Å². The third kappa shape index (κ3) is 6.04. The Morgan fingerprint density at radius 2 is 2.16 bits per heavy atom. The number of aliphatic imine (C=N–C) groups is 1. The van der Waals surface area contributed by atoms with Gasteiger partial charge in [0.15, 0.2) is 10.8 Å². The van der Waals surface area contributed by atoms with Crippen molar-refractivity contribution < 1.29 is 32.6 Å². The summed E-state index contributed by atoms with van der Waals surface area (Å²) in [5, 5.41) is 14.7. The van der Waals surface area contributed by atoms with E-state index in [1.165, 1.54) is 48.5 Å². The molecule has 1 saturated heterocycles. The smallest absolute Gasteiger partial charge is 0.338 e. The number of carboxylic acids is 1. The predicted octanol–water partition coefficient (Wildman–Crippen LogP) is 4.38. The van der Waals surface area contributed by atoms with E-state index in [-0.39, 0.29) is 24.2 Å². The second-order valence-electron chi connectivity index (χ2n) is 8.99. The summed E-state index contributed by atoms with van der Waals surface area (Å²) >= 11 is 4.63. The van der Waals surface area contributed by atoms with Crippen molar-refractivity contribution in [2.45, 2.75) is 37.8 Å². The van der Waals surface area contributed by atoms with E-state index >= 15 is 0 Å². The highest BCUT2D eigenvalue weighted by molar-refractivity contribution is 9.10. The minimum atomic E-state index is -3.02. The van der Waals surface area contributed by atoms with Gasteiger partial charge in [-0.25, -0.2) is 22.9 Å². The molecule has 13 heteroatoms. The normalized spacial score (nSPS) is 22.4. The molecule has 198 valence electrons. The number of benzene rings is 1. The van der Waals surface area contributed by atoms with Gasteiger partial charge >= 0.3 is 11.9 Å². The molecule has 0 amide bonds. The van der Waals surface area contributed by atoms with Gasteiger partial charge in [-0.3, -0.25) is 14.7 Å². The molecule has 3 unspecified atom stereocenters. The van der Waals surface area contributed by atoms with E-state index < -0.39 is 54.6 Å². The molecular formula is C24H24BrF3N4O4S. The molecule has 3 heterocycles. The molecule has 2 aliphatic rings. The Labute approximate surface area is 223 Å². The second kappa shape index (κ2) is 10.9. The number of hydrogen-bond acceptors (Lipinski definition) is 8. The molecule has 1 aromatic carbocycles. The highest BCUT2D eigenvalue weighted by Crippen LogP contribution is 2.39. The Morgan fingerprint density at radius 3 is 2.78 bits per heavy atom. The summed E-state index contributed by atoms with van der Waals surface area (Å²) in [4.78, 5) is 34.9. The van der Waals surface area contributed by atoms with Crippen LogP contribution in [-0.4, -0.2) is 64.9 Å². The standard InChI is InChI=1S/C24H24BrF3N4O4S/c1-12(22(33)34)7-14-9-24(27,28)11-32(14)10-17-18(23(35)36-2)19(15-4-3-13(26)8-16(15)25)31-20(30-17)21-29-5-6-37-21/h3-6,8,12,14,19H,7,9-11H2,1-2H3,(H,30,31)(H,33,34). The number of amidine groups is 1. The van der Waals surface area contributed by atoms with E-state index in [0.29, 0.717) is 20.9 Å². The molecule has 0 spiro atoms. The van der Waals surface area contributed by atoms with E-state index in [2.05, 4.69) is 31.2 Å². The molecule has 37 heavy (non-hydrogen) atoms. The molecule has 2 N–H and O–H groups in total. The highest BCUT2D eigenvalue weighted by atomic mass is 79.9. The van der Waals surface area contributed by atoms with E-state index in [1.807, 2.05) is 0 Å². The number of carboxylic acid groups (broad SMARTS) is 1. The number of hydrogen-bond donors (Lipinski definition) is 2. The van der Waals surface area contributed by atoms with Gasteiger partial charge in [0, 0.05) is 40.8 Å². The first-order valence-electron chi connectivity index (χ1n) is 11.3. The van der Waals surface area contributed by atoms with Crippen LogP contribution in [-0.2, 0) is 14.3 Å². The van der Waals surface area contributed by atoms with Crippen LogP contribution >= 0.6 is 27.3 Å². The van der Waals surface area contributed by atoms with Gasteiger partial charge in [0.25, 0.3) is 5.92 Å². The number of halogens is 4. The van der Waals surface area contributed by atoms with Crippen molar-refractivity contribution in [3.63, 3.8) is 0 Å². The Morgan fingerprint density at radius 1 is 1.41 bits per heavy atom. The molecule has 1 aromatic heterocycles. The number of aliphatic carboxylic acids is 1. The van der Waals surface area contributed by atoms with E-state index in [0.717, 1.165) is 0 Å². The van der Waals surface area contributed by atoms with Gasteiger partial charge in [0.1, 0.15) is 11.9 Å². The predicted molar refractivity (Wildman–Crippen MR) is 134 cm³/mol. The van der Waals surface area contributed by atoms with Crippen LogP contribution in [0.3, 0.4) is 0 Å². The third-order valence-electron chi connectivity index (χ3n) is 6.32. The maximum atomic E-state index is 14.5. The van der Waals surface area contributed by atoms with Crippen molar-refractivity contribution in [3.05, 3.63) is 61.9 Å². The molecule has 0 radical (unpaired) electrons. The number of nitrogens with one attached hydrogen (secondary N) is 1. The number of rotatable bonds is 8. The van der Waals surface area contributed by atoms with Crippen molar-refractivity contribution >= 4 is 45.0 Å². The zero-order valence-electron chi connectivity index (χ0n) is 19.9. The molecule has 0 bridgehead atoms. The van der Waals surface area contributed by atoms with Crippen molar-refractivity contribution in [2.24, 2.45) is 10.9 Å². The minimum absolute atomic E-state index is 0.0200. The number of carbonyl (C=O) groups excluding carboxylic acids is 1. The summed E-state index contributed by atoms with van der Waals surface area (Å²) < 4.78 is 48.3. The average Bonchev–Trinajstić information content (AvgIpc) is 3.46. The van der Waals surface area contributed by atoms with Gasteiger partial charge in [0.2, 0.25) is 0 Å². The zero-order valence-corrected chi connectivity index (χ0v) is 22.3. The number of ether oxygens (including phenoxy) is 1. The second-order valence-corrected chi connectivity index (χ2v) is 10.7. The number of carbonyl (C=O) groups is 2. The summed E-state index contributed by atoms with van der Waals surface area (Å²) in [7, 11) is 1.20. The fourth-order valence-electron chi connectivity index (χ4n) is 4.56. The molecule has 1 fully saturated rings. The van der Waals surface area contributed by atoms with E-state index in [9.17, 15) is 27.9 Å². The molecule has 0 aliphatic carbocycles. The van der Waals surface area contributed by atoms with Gasteiger partial charge in [-0.15, -0.1) is 11.3 Å². The zero-order chi connectivity index (χ0) is 26.9. The molecular weight excluding hydrogens is 577 g/mol. The first kappa shape index (κ1) is 27.3. The fourth-order valence-corrected chi connectivity index (χ4v) is 5.72. The quantitative estimate of drug-likeness (QED) is 0.433. The Bertz CT molecular complexity index is 1250. The van der Waals surface area contributed by atoms with Crippen LogP contribution in [0.5, 0.6) is 0 Å². The lowest BCUT2D eigenvalue weighted by atomic mass is 9.94. The number of nitrogens with zero attached hydrogens (tertiary/aromatic N) is 3. The summed E-state index contributed by atoms with van der Waals surface area (Å²) in [5.41, 5.74) is 0.826. The molecule has 2 aromatic rings. The Hall–Kier alpha value is -2.77. The summed E-state index contributed by atoms with van der Waals surface area (Å²) in [5.74, 6) is -5.82. The van der Waals surface area contributed by atoms with Crippen LogP contribution in [0.15, 0.2) is 50.5 Å². The van der Waals surface area contributed by atoms with Gasteiger partial charge in [0.05, 0.1) is 25.1 Å². The molecule has 4 rings (SSSR count). The van der Waals surface area contributed by atoms with Crippen molar-refractivity contribution in [2.75, 3.05) is 20.2 Å². The fraction of sp³-hybridized carbons (Fsp3) is 0.417. The van der Waals surface area contributed by atoms with E-state index in [4.69, 9.17) is 4.74 Å². The number of thiazole rings is 1. The molecule has 8 nitrogen and oxygen atoms in total. The first-order valence-corrected chi connectivity index (χ1v) is 13.0. The Kier molecular flexibility index (Phi) is 8.05. The lowest BCUT2D eigenvalue weighted by Gasteiger charge is -2.31. The highest BCUT2D eigenvalue weighted by Gasteiger charge is 2.46. The monoisotopic (exact) mass is 600 g/mol. The largest absolute Gasteiger partial charge is 0.481 e. The summed E-state index contributed by atoms with van der Waals surface area (Å²) in [6.45, 7) is 0.763. The summed E-state index contributed by atoms with van der Waals surface area (Å²) in [6, 6.07) is 2.29. The van der Waals surface area contributed by atoms with Crippen molar-refractivity contribution in [3.8, 4) is 0 Å². The van der Waals surface area contributed by atoms with Crippen LogP contribution in [0.25, 0.3) is 0 Å². The maximum Gasteiger partial charge on any atom is 0.338 e. The van der Waals surface area contributed by atoms with Crippen LogP contribution in [0, 0.1) is 11.7 Å². The van der Waals surface area contributed by atoms with E-state index in [1.54, 1.807) is 11.6 Å². The van der Waals surface area contributed by atoms with Crippen molar-refractivity contribution in [1.29, 1.82) is 0 Å². The third-order valence-corrected chi connectivity index (χ3v) is 7.78. The number of aromatic nitrogens is 1. The topological polar surface area (TPSA) is 104 Å². The Balaban J connectivity index is 1.79. The number of likely N-dealkylation sites (tertiary alicyclic amines) is 1. The van der Waals surface area contributed by atoms with Crippen LogP contribution in [0.1, 0.15) is 36.4 Å². The number of esters is 1. The van der Waals surface area contributed by atoms with Gasteiger partial charge in [-0.1, -0.05) is 28.9 Å². The number of methoxy groups -OCH3 is 1. The molecule has 2 aliphatic heterocycles. The molecule has 3 atom stereocenters. The van der Waals surface area contributed by atoms with Crippen LogP contribution < -0.4 is 5.32 Å². The first-order chi connectivity index (χ1) is 17.5. The van der Waals surface area contributed by atoms with Crippen LogP contribution in [0.4, 0.5) is 13.2 Å². The minimum Gasteiger partial charge on any atom is -0.481 e. The summed E-state index contributed by atoms with van der Waals surface area (Å²) in [6.07, 6.45) is 1.11. The average molecular weight is 601 g/mol.